The number of carbonyl (C=O) groups is 2. The van der Waals surface area contributed by atoms with Crippen LogP contribution in [0, 0.1) is 0 Å². The van der Waals surface area contributed by atoms with Crippen LogP contribution in [0.25, 0.3) is 10.8 Å². The summed E-state index contributed by atoms with van der Waals surface area (Å²) < 4.78 is 45.5. The van der Waals surface area contributed by atoms with Crippen molar-refractivity contribution in [3.63, 3.8) is 0 Å². The molecule has 0 saturated carbocycles. The van der Waals surface area contributed by atoms with Crippen LogP contribution in [0.15, 0.2) is 71.6 Å². The third-order valence-corrected chi connectivity index (χ3v) is 7.59. The molecule has 0 bridgehead atoms. The Hall–Kier alpha value is -3.51. The third-order valence-electron chi connectivity index (χ3n) is 6.08. The number of carbonyl (C=O) groups excluding carboxylic acids is 2. The fourth-order valence-electron chi connectivity index (χ4n) is 4.47. The highest BCUT2D eigenvalue weighted by molar-refractivity contribution is 7.89. The lowest BCUT2D eigenvalue weighted by Crippen LogP contribution is -2.44. The number of ether oxygens (including phenoxy) is 3. The quantitative estimate of drug-likeness (QED) is 0.464. The van der Waals surface area contributed by atoms with Gasteiger partial charge in [0.25, 0.3) is 0 Å². The highest BCUT2D eigenvalue weighted by Gasteiger charge is 2.50. The lowest BCUT2D eigenvalue weighted by atomic mass is 10.1. The van der Waals surface area contributed by atoms with Crippen molar-refractivity contribution in [3.8, 4) is 0 Å². The smallest absolute Gasteiger partial charge is 0.412 e. The van der Waals surface area contributed by atoms with E-state index in [-0.39, 0.29) is 24.0 Å². The van der Waals surface area contributed by atoms with Gasteiger partial charge < -0.3 is 19.5 Å². The third kappa shape index (κ3) is 5.05. The maximum Gasteiger partial charge on any atom is 0.412 e. The van der Waals surface area contributed by atoms with Gasteiger partial charge in [-0.25, -0.2) is 17.9 Å². The molecule has 2 amide bonds. The molecule has 10 nitrogen and oxygen atoms in total. The predicted molar refractivity (Wildman–Crippen MR) is 132 cm³/mol. The van der Waals surface area contributed by atoms with Gasteiger partial charge >= 0.3 is 6.09 Å². The number of hydrogen-bond acceptors (Lipinski definition) is 7. The molecule has 0 spiro atoms. The second-order valence-electron chi connectivity index (χ2n) is 8.62. The molecule has 2 aliphatic rings. The molecule has 0 aromatic heterocycles. The number of sulfonamides is 1. The first-order chi connectivity index (χ1) is 17.3. The topological polar surface area (TPSA) is 132 Å². The van der Waals surface area contributed by atoms with E-state index < -0.39 is 40.5 Å². The van der Waals surface area contributed by atoms with E-state index in [4.69, 9.17) is 14.2 Å². The molecular weight excluding hydrogens is 486 g/mol. The Labute approximate surface area is 208 Å². The minimum absolute atomic E-state index is 0.0420. The second-order valence-corrected chi connectivity index (χ2v) is 10.3. The molecule has 0 unspecified atom stereocenters. The Balaban J connectivity index is 1.20. The Morgan fingerprint density at radius 3 is 2.39 bits per heavy atom. The van der Waals surface area contributed by atoms with E-state index in [0.29, 0.717) is 11.4 Å². The normalized spacial score (nSPS) is 23.2. The lowest BCUT2D eigenvalue weighted by Gasteiger charge is -2.18. The largest absolute Gasteiger partial charge is 0.441 e. The van der Waals surface area contributed by atoms with Gasteiger partial charge in [0.15, 0.2) is 6.10 Å². The predicted octanol–water partition coefficient (Wildman–Crippen LogP) is 2.86. The summed E-state index contributed by atoms with van der Waals surface area (Å²) in [6.45, 7) is 1.53. The molecular formula is C25H25N3O7S. The van der Waals surface area contributed by atoms with Crippen LogP contribution in [0.5, 0.6) is 0 Å². The van der Waals surface area contributed by atoms with Crippen LogP contribution in [-0.2, 0) is 29.0 Å². The summed E-state index contributed by atoms with van der Waals surface area (Å²) in [5, 5.41) is 7.23. The van der Waals surface area contributed by atoms with Gasteiger partial charge in [0.05, 0.1) is 29.8 Å². The first kappa shape index (κ1) is 24.2. The summed E-state index contributed by atoms with van der Waals surface area (Å²) >= 11 is 0. The van der Waals surface area contributed by atoms with Crippen molar-refractivity contribution in [1.29, 1.82) is 0 Å². The van der Waals surface area contributed by atoms with Crippen molar-refractivity contribution in [2.75, 3.05) is 23.8 Å². The number of amides is 2. The van der Waals surface area contributed by atoms with Crippen molar-refractivity contribution in [2.24, 2.45) is 0 Å². The first-order valence-electron chi connectivity index (χ1n) is 11.4. The molecule has 0 radical (unpaired) electrons. The van der Waals surface area contributed by atoms with Crippen LogP contribution in [0.4, 0.5) is 16.2 Å². The monoisotopic (exact) mass is 511 g/mol. The second kappa shape index (κ2) is 9.86. The fraction of sp³-hybridized carbons (Fsp3) is 0.280. The molecule has 2 saturated heterocycles. The van der Waals surface area contributed by atoms with Gasteiger partial charge in [-0.05, 0) is 35.7 Å². The molecule has 3 N–H and O–H groups in total. The van der Waals surface area contributed by atoms with Gasteiger partial charge in [-0.3, -0.25) is 10.1 Å². The number of hydrogen-bond donors (Lipinski definition) is 3. The Morgan fingerprint density at radius 1 is 0.889 bits per heavy atom. The molecule has 0 aliphatic carbocycles. The van der Waals surface area contributed by atoms with Crippen LogP contribution in [0.2, 0.25) is 0 Å². The van der Waals surface area contributed by atoms with Crippen LogP contribution < -0.4 is 15.4 Å². The van der Waals surface area contributed by atoms with E-state index in [1.807, 2.05) is 36.4 Å². The molecule has 188 valence electrons. The van der Waals surface area contributed by atoms with E-state index in [1.54, 1.807) is 6.07 Å². The van der Waals surface area contributed by atoms with E-state index in [1.165, 1.54) is 31.2 Å². The number of anilines is 2. The zero-order chi connectivity index (χ0) is 25.3. The molecule has 36 heavy (non-hydrogen) atoms. The van der Waals surface area contributed by atoms with Crippen molar-refractivity contribution in [2.45, 2.75) is 36.2 Å². The highest BCUT2D eigenvalue weighted by atomic mass is 32.2. The van der Waals surface area contributed by atoms with Crippen LogP contribution >= 0.6 is 0 Å². The van der Waals surface area contributed by atoms with E-state index in [9.17, 15) is 18.0 Å². The minimum atomic E-state index is -3.87. The van der Waals surface area contributed by atoms with Gasteiger partial charge in [-0.2, -0.15) is 0 Å². The summed E-state index contributed by atoms with van der Waals surface area (Å²) in [6, 6.07) is 18.4. The van der Waals surface area contributed by atoms with E-state index in [0.717, 1.165) is 10.8 Å². The van der Waals surface area contributed by atoms with Crippen molar-refractivity contribution in [3.05, 3.63) is 66.7 Å². The molecule has 11 heteroatoms. The molecule has 4 atom stereocenters. The van der Waals surface area contributed by atoms with E-state index in [2.05, 4.69) is 15.4 Å². The lowest BCUT2D eigenvalue weighted by molar-refractivity contribution is -0.114. The van der Waals surface area contributed by atoms with E-state index >= 15 is 0 Å². The zero-order valence-corrected chi connectivity index (χ0v) is 20.2. The van der Waals surface area contributed by atoms with Crippen LogP contribution in [0.3, 0.4) is 0 Å². The standard InChI is InChI=1S/C25H25N3O7S/c1-15(29)26-17-9-11-18(12-10-17)36(31,32)28-21-13-33-24-22(14-34-23(21)24)35-25(30)27-20-8-4-6-16-5-2-3-7-19(16)20/h2-12,21-24,28H,13-14H2,1H3,(H,26,29)(H,27,30)/t21-,22-,23-,24+/m1/s1. The minimum Gasteiger partial charge on any atom is -0.441 e. The summed E-state index contributed by atoms with van der Waals surface area (Å²) in [7, 11) is -3.87. The van der Waals surface area contributed by atoms with Gasteiger partial charge in [0, 0.05) is 18.0 Å². The average Bonchev–Trinajstić information content (AvgIpc) is 3.42. The number of benzene rings is 3. The molecule has 5 rings (SSSR count). The number of fused-ring (bicyclic) bond motifs is 2. The Morgan fingerprint density at radius 2 is 1.61 bits per heavy atom. The van der Waals surface area contributed by atoms with Crippen LogP contribution in [-0.4, -0.2) is 58.0 Å². The molecule has 3 aromatic carbocycles. The van der Waals surface area contributed by atoms with Crippen LogP contribution in [0.1, 0.15) is 6.92 Å². The molecule has 2 heterocycles. The van der Waals surface area contributed by atoms with Crippen molar-refractivity contribution < 1.29 is 32.2 Å². The summed E-state index contributed by atoms with van der Waals surface area (Å²) in [5.41, 5.74) is 1.11. The molecule has 2 aliphatic heterocycles. The first-order valence-corrected chi connectivity index (χ1v) is 12.9. The maximum absolute atomic E-state index is 12.9. The van der Waals surface area contributed by atoms with Crippen molar-refractivity contribution >= 4 is 44.2 Å². The maximum atomic E-state index is 12.9. The Bertz CT molecular complexity index is 1390. The molecule has 3 aromatic rings. The summed E-state index contributed by atoms with van der Waals surface area (Å²) in [4.78, 5) is 23.8. The van der Waals surface area contributed by atoms with Gasteiger partial charge in [0.2, 0.25) is 15.9 Å². The number of rotatable bonds is 6. The van der Waals surface area contributed by atoms with Gasteiger partial charge in [-0.15, -0.1) is 0 Å². The SMILES string of the molecule is CC(=O)Nc1ccc(S(=O)(=O)N[C@@H]2CO[C@@H]3[C@@H]2OC[C@H]3OC(=O)Nc2cccc3ccccc23)cc1. The van der Waals surface area contributed by atoms with Crippen molar-refractivity contribution in [1.82, 2.24) is 4.72 Å². The molecule has 2 fully saturated rings. The summed E-state index contributed by atoms with van der Waals surface area (Å²) in [6.07, 6.45) is -2.53. The zero-order valence-electron chi connectivity index (χ0n) is 19.3. The fourth-order valence-corrected chi connectivity index (χ4v) is 5.70. The number of nitrogens with one attached hydrogen (secondary N) is 3. The average molecular weight is 512 g/mol. The van der Waals surface area contributed by atoms with Gasteiger partial charge in [0.1, 0.15) is 12.2 Å². The Kier molecular flexibility index (Phi) is 6.63. The summed E-state index contributed by atoms with van der Waals surface area (Å²) in [5.74, 6) is -0.251. The van der Waals surface area contributed by atoms with Gasteiger partial charge in [-0.1, -0.05) is 36.4 Å². The highest BCUT2D eigenvalue weighted by Crippen LogP contribution is 2.31.